The van der Waals surface area contributed by atoms with Crippen LogP contribution in [-0.4, -0.2) is 18.5 Å². The van der Waals surface area contributed by atoms with Gasteiger partial charge in [0.2, 0.25) is 0 Å². The van der Waals surface area contributed by atoms with Crippen molar-refractivity contribution in [1.82, 2.24) is 0 Å². The lowest BCUT2D eigenvalue weighted by Crippen LogP contribution is -2.27. The van der Waals surface area contributed by atoms with Gasteiger partial charge in [-0.25, -0.2) is 4.39 Å². The van der Waals surface area contributed by atoms with Crippen LogP contribution in [0.1, 0.15) is 62.2 Å². The van der Waals surface area contributed by atoms with Crippen molar-refractivity contribution in [3.63, 3.8) is 0 Å². The Balaban J connectivity index is 1.69. The fraction of sp³-hybridized carbons (Fsp3) is 0.611. The maximum atomic E-state index is 12.8. The lowest BCUT2D eigenvalue weighted by Gasteiger charge is -2.30. The summed E-state index contributed by atoms with van der Waals surface area (Å²) >= 11 is 0. The molecule has 2 nitrogen and oxygen atoms in total. The number of ketones is 1. The summed E-state index contributed by atoms with van der Waals surface area (Å²) in [6, 6.07) is 5.76. The topological polar surface area (TPSA) is 26.3 Å². The van der Waals surface area contributed by atoms with E-state index in [0.29, 0.717) is 30.6 Å². The lowest BCUT2D eigenvalue weighted by atomic mass is 9.85. The average Bonchev–Trinajstić information content (AvgIpc) is 2.52. The predicted octanol–water partition coefficient (Wildman–Crippen LogP) is 4.77. The minimum Gasteiger partial charge on any atom is -0.378 e. The summed E-state index contributed by atoms with van der Waals surface area (Å²) in [6.07, 6.45) is 7.78. The van der Waals surface area contributed by atoms with Crippen molar-refractivity contribution in [3.8, 4) is 0 Å². The van der Waals surface area contributed by atoms with Crippen molar-refractivity contribution in [1.29, 1.82) is 0 Å². The summed E-state index contributed by atoms with van der Waals surface area (Å²) < 4.78 is 18.8. The van der Waals surface area contributed by atoms with Gasteiger partial charge in [-0.3, -0.25) is 4.79 Å². The van der Waals surface area contributed by atoms with Gasteiger partial charge in [-0.2, -0.15) is 0 Å². The molecule has 1 fully saturated rings. The van der Waals surface area contributed by atoms with E-state index in [1.54, 1.807) is 12.1 Å². The molecule has 1 aliphatic rings. The minimum atomic E-state index is -0.308. The molecule has 1 aliphatic carbocycles. The molecule has 0 bridgehead atoms. The van der Waals surface area contributed by atoms with Gasteiger partial charge in [-0.05, 0) is 49.4 Å². The van der Waals surface area contributed by atoms with E-state index in [9.17, 15) is 9.18 Å². The lowest BCUT2D eigenvalue weighted by molar-refractivity contribution is -0.0130. The quantitative estimate of drug-likeness (QED) is 0.534. The monoisotopic (exact) mass is 292 g/mol. The molecular formula is C18H25FO2. The summed E-state index contributed by atoms with van der Waals surface area (Å²) in [7, 11) is 0. The second-order valence-electron chi connectivity index (χ2n) is 5.90. The Morgan fingerprint density at radius 2 is 1.95 bits per heavy atom. The zero-order valence-corrected chi connectivity index (χ0v) is 12.8. The van der Waals surface area contributed by atoms with Crippen LogP contribution in [0.4, 0.5) is 4.39 Å². The van der Waals surface area contributed by atoms with Crippen molar-refractivity contribution >= 4 is 5.78 Å². The normalized spacial score (nSPS) is 22.2. The highest BCUT2D eigenvalue weighted by molar-refractivity contribution is 5.95. The third-order valence-electron chi connectivity index (χ3n) is 4.41. The number of ether oxygens (including phenoxy) is 1. The van der Waals surface area contributed by atoms with Gasteiger partial charge in [0.25, 0.3) is 0 Å². The first-order chi connectivity index (χ1) is 10.2. The largest absolute Gasteiger partial charge is 0.378 e. The first-order valence-electron chi connectivity index (χ1n) is 8.11. The van der Waals surface area contributed by atoms with E-state index in [0.717, 1.165) is 12.8 Å². The molecule has 2 unspecified atom stereocenters. The number of rotatable bonds is 7. The van der Waals surface area contributed by atoms with Crippen molar-refractivity contribution < 1.29 is 13.9 Å². The molecule has 0 aromatic heterocycles. The first kappa shape index (κ1) is 16.2. The molecule has 21 heavy (non-hydrogen) atoms. The van der Waals surface area contributed by atoms with E-state index in [4.69, 9.17) is 4.74 Å². The number of halogens is 1. The zero-order valence-electron chi connectivity index (χ0n) is 12.8. The molecule has 0 N–H and O–H groups in total. The van der Waals surface area contributed by atoms with E-state index in [1.165, 1.54) is 37.8 Å². The van der Waals surface area contributed by atoms with Crippen molar-refractivity contribution in [2.75, 3.05) is 6.61 Å². The molecule has 0 heterocycles. The Labute approximate surface area is 126 Å². The fourth-order valence-electron chi connectivity index (χ4n) is 3.11. The highest BCUT2D eigenvalue weighted by atomic mass is 19.1. The summed E-state index contributed by atoms with van der Waals surface area (Å²) in [5, 5.41) is 0. The van der Waals surface area contributed by atoms with E-state index >= 15 is 0 Å². The van der Waals surface area contributed by atoms with E-state index in [-0.39, 0.29) is 11.6 Å². The van der Waals surface area contributed by atoms with Gasteiger partial charge >= 0.3 is 0 Å². The maximum Gasteiger partial charge on any atom is 0.162 e. The SMILES string of the molecule is CCC1CCCCC1OCCCC(=O)c1ccc(F)cc1. The number of benzene rings is 1. The highest BCUT2D eigenvalue weighted by Gasteiger charge is 2.23. The molecule has 0 aliphatic heterocycles. The smallest absolute Gasteiger partial charge is 0.162 e. The standard InChI is InChI=1S/C18H25FO2/c1-2-14-6-3-4-8-18(14)21-13-5-7-17(20)15-9-11-16(19)12-10-15/h9-12,14,18H,2-8,13H2,1H3. The molecule has 2 rings (SSSR count). The number of hydrogen-bond acceptors (Lipinski definition) is 2. The van der Waals surface area contributed by atoms with Crippen molar-refractivity contribution in [2.24, 2.45) is 5.92 Å². The van der Waals surface area contributed by atoms with E-state index in [2.05, 4.69) is 6.92 Å². The van der Waals surface area contributed by atoms with Gasteiger partial charge in [0.15, 0.2) is 5.78 Å². The maximum absolute atomic E-state index is 12.8. The molecule has 3 heteroatoms. The molecular weight excluding hydrogens is 267 g/mol. The second kappa shape index (κ2) is 8.28. The summed E-state index contributed by atoms with van der Waals surface area (Å²) in [6.45, 7) is 2.87. The Bertz CT molecular complexity index is 441. The zero-order chi connectivity index (χ0) is 15.1. The number of hydrogen-bond donors (Lipinski definition) is 0. The van der Waals surface area contributed by atoms with Gasteiger partial charge in [0, 0.05) is 18.6 Å². The molecule has 0 saturated heterocycles. The van der Waals surface area contributed by atoms with Gasteiger partial charge < -0.3 is 4.74 Å². The Morgan fingerprint density at radius 3 is 2.67 bits per heavy atom. The van der Waals surface area contributed by atoms with Gasteiger partial charge in [-0.15, -0.1) is 0 Å². The Morgan fingerprint density at radius 1 is 1.24 bits per heavy atom. The third-order valence-corrected chi connectivity index (χ3v) is 4.41. The van der Waals surface area contributed by atoms with Crippen LogP contribution in [0.2, 0.25) is 0 Å². The molecule has 0 amide bonds. The number of carbonyl (C=O) groups is 1. The molecule has 1 aromatic carbocycles. The van der Waals surface area contributed by atoms with E-state index in [1.807, 2.05) is 0 Å². The number of Topliss-reactive ketones (excluding diaryl/α,β-unsaturated/α-hetero) is 1. The summed E-state index contributed by atoms with van der Waals surface area (Å²) in [4.78, 5) is 11.9. The summed E-state index contributed by atoms with van der Waals surface area (Å²) in [5.74, 6) is 0.443. The van der Waals surface area contributed by atoms with Gasteiger partial charge in [-0.1, -0.05) is 26.2 Å². The molecule has 1 saturated carbocycles. The van der Waals surface area contributed by atoms with Crippen LogP contribution in [0.3, 0.4) is 0 Å². The molecule has 2 atom stereocenters. The van der Waals surface area contributed by atoms with Crippen molar-refractivity contribution in [2.45, 2.75) is 58.0 Å². The summed E-state index contributed by atoms with van der Waals surface area (Å²) in [5.41, 5.74) is 0.584. The average molecular weight is 292 g/mol. The highest BCUT2D eigenvalue weighted by Crippen LogP contribution is 2.29. The van der Waals surface area contributed by atoms with Crippen LogP contribution in [0.25, 0.3) is 0 Å². The van der Waals surface area contributed by atoms with Crippen molar-refractivity contribution in [3.05, 3.63) is 35.6 Å². The van der Waals surface area contributed by atoms with Crippen LogP contribution < -0.4 is 0 Å². The van der Waals surface area contributed by atoms with Crippen LogP contribution >= 0.6 is 0 Å². The van der Waals surface area contributed by atoms with Gasteiger partial charge in [0.1, 0.15) is 5.82 Å². The Kier molecular flexibility index (Phi) is 6.37. The van der Waals surface area contributed by atoms with Crippen LogP contribution in [0, 0.1) is 11.7 Å². The third kappa shape index (κ3) is 4.92. The van der Waals surface area contributed by atoms with Gasteiger partial charge in [0.05, 0.1) is 6.10 Å². The molecule has 1 aromatic rings. The minimum absolute atomic E-state index is 0.0642. The van der Waals surface area contributed by atoms with Crippen LogP contribution in [0.15, 0.2) is 24.3 Å². The first-order valence-corrected chi connectivity index (χ1v) is 8.11. The number of carbonyl (C=O) groups excluding carboxylic acids is 1. The fourth-order valence-corrected chi connectivity index (χ4v) is 3.11. The molecule has 0 radical (unpaired) electrons. The van der Waals surface area contributed by atoms with Crippen LogP contribution in [-0.2, 0) is 4.74 Å². The second-order valence-corrected chi connectivity index (χ2v) is 5.90. The molecule has 116 valence electrons. The predicted molar refractivity (Wildman–Crippen MR) is 82.0 cm³/mol. The van der Waals surface area contributed by atoms with Crippen LogP contribution in [0.5, 0.6) is 0 Å². The Hall–Kier alpha value is -1.22. The molecule has 0 spiro atoms. The van der Waals surface area contributed by atoms with E-state index < -0.39 is 0 Å².